The second kappa shape index (κ2) is 11.2. The highest BCUT2D eigenvalue weighted by Gasteiger charge is 2.40. The molecule has 0 N–H and O–H groups in total. The average Bonchev–Trinajstić information content (AvgIpc) is 3.71. The predicted molar refractivity (Wildman–Crippen MR) is 227 cm³/mol. The standard InChI is InChI=1S/C50H37N2OP/c1-4-46-51-42-23-14-24-44-49(42)52(46)43-28-26-32(30-45(43)54(44,53)33-15-6-5-7-16-33)48-38-20-10-8-18-36(38)47(37-19-9-11-21-39(37)48)31-25-27-35-34-17-12-13-22-40(34)50(2,3)41(35)29-31/h5-30H,4H2,1-3H3. The number of aryl methyl sites for hydroxylation is 1. The third kappa shape index (κ3) is 4.08. The minimum Gasteiger partial charge on any atom is -0.308 e. The molecule has 1 atom stereocenters. The van der Waals surface area contributed by atoms with Crippen molar-refractivity contribution in [3.05, 3.63) is 175 Å². The molecule has 2 heterocycles. The fourth-order valence-corrected chi connectivity index (χ4v) is 12.7. The van der Waals surface area contributed by atoms with Crippen LogP contribution < -0.4 is 15.9 Å². The van der Waals surface area contributed by atoms with Crippen LogP contribution in [0, 0.1) is 0 Å². The minimum absolute atomic E-state index is 0.0968. The van der Waals surface area contributed by atoms with Gasteiger partial charge in [-0.25, -0.2) is 4.98 Å². The highest BCUT2D eigenvalue weighted by Crippen LogP contribution is 2.53. The van der Waals surface area contributed by atoms with Gasteiger partial charge in [0.05, 0.1) is 16.7 Å². The van der Waals surface area contributed by atoms with Crippen LogP contribution in [0.15, 0.2) is 158 Å². The molecular formula is C50H37N2OP. The van der Waals surface area contributed by atoms with E-state index in [2.05, 4.69) is 141 Å². The quantitative estimate of drug-likeness (QED) is 0.134. The van der Waals surface area contributed by atoms with Gasteiger partial charge >= 0.3 is 0 Å². The molecule has 1 aliphatic heterocycles. The Morgan fingerprint density at radius 1 is 0.574 bits per heavy atom. The zero-order chi connectivity index (χ0) is 36.3. The maximum Gasteiger partial charge on any atom is 0.175 e. The lowest BCUT2D eigenvalue weighted by Crippen LogP contribution is -2.33. The minimum atomic E-state index is -3.29. The molecule has 0 radical (unpaired) electrons. The number of hydrogen-bond acceptors (Lipinski definition) is 2. The Kier molecular flexibility index (Phi) is 6.56. The summed E-state index contributed by atoms with van der Waals surface area (Å²) in [5.41, 5.74) is 12.8. The van der Waals surface area contributed by atoms with Crippen molar-refractivity contribution in [3.8, 4) is 39.1 Å². The lowest BCUT2D eigenvalue weighted by atomic mass is 9.80. The first kappa shape index (κ1) is 31.5. The lowest BCUT2D eigenvalue weighted by Gasteiger charge is -2.30. The molecule has 0 amide bonds. The Labute approximate surface area is 315 Å². The van der Waals surface area contributed by atoms with E-state index in [0.29, 0.717) is 0 Å². The smallest absolute Gasteiger partial charge is 0.175 e. The van der Waals surface area contributed by atoms with Gasteiger partial charge in [0.25, 0.3) is 0 Å². The van der Waals surface area contributed by atoms with Crippen molar-refractivity contribution in [2.75, 3.05) is 0 Å². The van der Waals surface area contributed by atoms with Crippen LogP contribution in [0.4, 0.5) is 0 Å². The summed E-state index contributed by atoms with van der Waals surface area (Å²) >= 11 is 0. The normalized spacial score (nSPS) is 16.4. The Morgan fingerprint density at radius 2 is 1.17 bits per heavy atom. The summed E-state index contributed by atoms with van der Waals surface area (Å²) < 4.78 is 18.4. The van der Waals surface area contributed by atoms with Crippen LogP contribution >= 0.6 is 7.14 Å². The molecule has 0 saturated heterocycles. The van der Waals surface area contributed by atoms with E-state index in [-0.39, 0.29) is 5.41 Å². The SMILES string of the molecule is CCc1nc2cccc3c2n1-c1ccc(-c2c4ccccc4c(-c4ccc5c(c4)C(C)(C)c4ccccc4-5)c4ccccc24)cc1P3(=O)c1ccccc1. The molecule has 1 unspecified atom stereocenters. The van der Waals surface area contributed by atoms with Crippen molar-refractivity contribution in [1.82, 2.24) is 9.55 Å². The van der Waals surface area contributed by atoms with Gasteiger partial charge in [-0.1, -0.05) is 148 Å². The van der Waals surface area contributed by atoms with Gasteiger partial charge in [0, 0.05) is 27.7 Å². The monoisotopic (exact) mass is 712 g/mol. The maximum absolute atomic E-state index is 16.1. The third-order valence-electron chi connectivity index (χ3n) is 12.1. The lowest BCUT2D eigenvalue weighted by molar-refractivity contribution is 0.592. The van der Waals surface area contributed by atoms with Gasteiger partial charge in [0.1, 0.15) is 5.82 Å². The molecule has 0 saturated carbocycles. The van der Waals surface area contributed by atoms with Crippen LogP contribution in [0.1, 0.15) is 37.7 Å². The number of rotatable bonds is 4. The topological polar surface area (TPSA) is 34.9 Å². The van der Waals surface area contributed by atoms with Crippen LogP contribution in [-0.4, -0.2) is 9.55 Å². The van der Waals surface area contributed by atoms with Gasteiger partial charge in [0.2, 0.25) is 0 Å². The highest BCUT2D eigenvalue weighted by atomic mass is 31.2. The third-order valence-corrected chi connectivity index (χ3v) is 15.2. The number of para-hydroxylation sites is 1. The molecule has 1 aromatic heterocycles. The van der Waals surface area contributed by atoms with Crippen molar-refractivity contribution in [1.29, 1.82) is 0 Å². The van der Waals surface area contributed by atoms with Crippen LogP contribution in [0.25, 0.3) is 71.6 Å². The molecule has 54 heavy (non-hydrogen) atoms. The number of imidazole rings is 1. The average molecular weight is 713 g/mol. The Bertz CT molecular complexity index is 3040. The molecule has 2 aliphatic rings. The summed E-state index contributed by atoms with van der Waals surface area (Å²) in [5, 5.41) is 7.33. The van der Waals surface area contributed by atoms with Gasteiger partial charge in [0.15, 0.2) is 7.14 Å². The number of hydrogen-bond donors (Lipinski definition) is 0. The molecule has 0 bridgehead atoms. The molecule has 258 valence electrons. The second-order valence-corrected chi connectivity index (χ2v) is 18.0. The number of fused-ring (bicyclic) bond motifs is 7. The van der Waals surface area contributed by atoms with E-state index >= 15 is 4.57 Å². The van der Waals surface area contributed by atoms with Crippen molar-refractivity contribution in [2.45, 2.75) is 32.6 Å². The molecule has 9 aromatic rings. The summed E-state index contributed by atoms with van der Waals surface area (Å²) in [7, 11) is -3.29. The van der Waals surface area contributed by atoms with E-state index in [1.807, 2.05) is 42.5 Å². The molecule has 4 heteroatoms. The molecule has 11 rings (SSSR count). The molecule has 8 aromatic carbocycles. The first-order chi connectivity index (χ1) is 26.4. The molecule has 0 spiro atoms. The summed E-state index contributed by atoms with van der Waals surface area (Å²) in [6.45, 7) is 6.84. The number of aromatic nitrogens is 2. The fraction of sp³-hybridized carbons (Fsp3) is 0.100. The molecule has 3 nitrogen and oxygen atoms in total. The first-order valence-corrected chi connectivity index (χ1v) is 20.6. The van der Waals surface area contributed by atoms with Gasteiger partial charge in [-0.15, -0.1) is 0 Å². The van der Waals surface area contributed by atoms with Gasteiger partial charge in [-0.05, 0) is 96.4 Å². The van der Waals surface area contributed by atoms with E-state index in [1.54, 1.807) is 0 Å². The van der Waals surface area contributed by atoms with E-state index in [9.17, 15) is 0 Å². The van der Waals surface area contributed by atoms with Crippen LogP contribution in [0.2, 0.25) is 0 Å². The zero-order valence-electron chi connectivity index (χ0n) is 30.5. The fourth-order valence-electron chi connectivity index (χ4n) is 9.68. The molecular weight excluding hydrogens is 676 g/mol. The number of nitrogens with zero attached hydrogens (tertiary/aromatic N) is 2. The Hall–Kier alpha value is -6.02. The van der Waals surface area contributed by atoms with Crippen molar-refractivity contribution in [3.63, 3.8) is 0 Å². The summed E-state index contributed by atoms with van der Waals surface area (Å²) in [6.07, 6.45) is 0.771. The summed E-state index contributed by atoms with van der Waals surface area (Å²) in [4.78, 5) is 5.05. The Balaban J connectivity index is 1.19. The molecule has 1 aliphatic carbocycles. The van der Waals surface area contributed by atoms with Crippen molar-refractivity contribution >= 4 is 55.6 Å². The van der Waals surface area contributed by atoms with Gasteiger partial charge in [-0.3, -0.25) is 4.57 Å². The van der Waals surface area contributed by atoms with Crippen molar-refractivity contribution < 1.29 is 4.57 Å². The van der Waals surface area contributed by atoms with Crippen LogP contribution in [0.3, 0.4) is 0 Å². The van der Waals surface area contributed by atoms with E-state index in [4.69, 9.17) is 4.98 Å². The number of benzene rings is 8. The first-order valence-electron chi connectivity index (χ1n) is 18.9. The van der Waals surface area contributed by atoms with Gasteiger partial charge in [-0.2, -0.15) is 0 Å². The Morgan fingerprint density at radius 3 is 1.85 bits per heavy atom. The maximum atomic E-state index is 16.1. The van der Waals surface area contributed by atoms with Crippen LogP contribution in [0.5, 0.6) is 0 Å². The molecule has 0 fully saturated rings. The van der Waals surface area contributed by atoms with Crippen LogP contribution in [-0.2, 0) is 16.4 Å². The van der Waals surface area contributed by atoms with Crippen molar-refractivity contribution in [2.24, 2.45) is 0 Å². The van der Waals surface area contributed by atoms with E-state index in [0.717, 1.165) is 56.0 Å². The summed E-state index contributed by atoms with van der Waals surface area (Å²) in [6, 6.07) is 56.4. The van der Waals surface area contributed by atoms with E-state index in [1.165, 1.54) is 54.9 Å². The van der Waals surface area contributed by atoms with E-state index < -0.39 is 7.14 Å². The zero-order valence-corrected chi connectivity index (χ0v) is 31.4. The predicted octanol–water partition coefficient (Wildman–Crippen LogP) is 11.5. The largest absolute Gasteiger partial charge is 0.308 e. The van der Waals surface area contributed by atoms with Gasteiger partial charge < -0.3 is 4.57 Å². The second-order valence-electron chi connectivity index (χ2n) is 15.3. The summed E-state index contributed by atoms with van der Waals surface area (Å²) in [5.74, 6) is 0.978. The highest BCUT2D eigenvalue weighted by molar-refractivity contribution is 7.86.